The van der Waals surface area contributed by atoms with Crippen LogP contribution in [0, 0.1) is 11.3 Å². The number of hydrogen-bond acceptors (Lipinski definition) is 4. The lowest BCUT2D eigenvalue weighted by atomic mass is 10.1. The van der Waals surface area contributed by atoms with Crippen molar-refractivity contribution in [1.82, 2.24) is 10.2 Å². The highest BCUT2D eigenvalue weighted by Crippen LogP contribution is 2.18. The van der Waals surface area contributed by atoms with Gasteiger partial charge in [-0.2, -0.15) is 5.26 Å². The molecule has 1 aliphatic rings. The molecule has 0 spiro atoms. The van der Waals surface area contributed by atoms with Crippen molar-refractivity contribution in [3.8, 4) is 11.8 Å². The van der Waals surface area contributed by atoms with Gasteiger partial charge in [0.1, 0.15) is 11.8 Å². The van der Waals surface area contributed by atoms with Crippen LogP contribution >= 0.6 is 0 Å². The fraction of sp³-hybridized carbons (Fsp3) is 0.417. The SMILES string of the molecule is N#Cc1cc(CN2CCNCC2)ccc1O. The van der Waals surface area contributed by atoms with Crippen molar-refractivity contribution in [3.05, 3.63) is 29.3 Å². The van der Waals surface area contributed by atoms with Crippen LogP contribution in [0.25, 0.3) is 0 Å². The lowest BCUT2D eigenvalue weighted by molar-refractivity contribution is 0.233. The lowest BCUT2D eigenvalue weighted by Crippen LogP contribution is -2.42. The van der Waals surface area contributed by atoms with Crippen LogP contribution in [0.3, 0.4) is 0 Å². The molecule has 2 rings (SSSR count). The highest BCUT2D eigenvalue weighted by molar-refractivity contribution is 5.44. The minimum Gasteiger partial charge on any atom is -0.507 e. The number of rotatable bonds is 2. The molecule has 0 atom stereocenters. The number of nitriles is 1. The molecule has 4 nitrogen and oxygen atoms in total. The molecule has 0 saturated carbocycles. The van der Waals surface area contributed by atoms with E-state index in [0.717, 1.165) is 38.3 Å². The second kappa shape index (κ2) is 4.97. The predicted molar refractivity (Wildman–Crippen MR) is 61.0 cm³/mol. The van der Waals surface area contributed by atoms with Crippen LogP contribution in [0.1, 0.15) is 11.1 Å². The third-order valence-corrected chi connectivity index (χ3v) is 2.80. The highest BCUT2D eigenvalue weighted by Gasteiger charge is 2.10. The fourth-order valence-electron chi connectivity index (χ4n) is 1.90. The van der Waals surface area contributed by atoms with Crippen molar-refractivity contribution in [1.29, 1.82) is 5.26 Å². The number of hydrogen-bond donors (Lipinski definition) is 2. The molecule has 2 N–H and O–H groups in total. The lowest BCUT2D eigenvalue weighted by Gasteiger charge is -2.27. The molecule has 4 heteroatoms. The van der Waals surface area contributed by atoms with E-state index in [-0.39, 0.29) is 5.75 Å². The summed E-state index contributed by atoms with van der Waals surface area (Å²) in [5.41, 5.74) is 1.43. The van der Waals surface area contributed by atoms with Gasteiger partial charge in [-0.15, -0.1) is 0 Å². The normalized spacial score (nSPS) is 16.9. The summed E-state index contributed by atoms with van der Waals surface area (Å²) in [6.45, 7) is 4.94. The summed E-state index contributed by atoms with van der Waals surface area (Å²) >= 11 is 0. The summed E-state index contributed by atoms with van der Waals surface area (Å²) in [5, 5.41) is 21.5. The van der Waals surface area contributed by atoms with Gasteiger partial charge in [-0.1, -0.05) is 6.07 Å². The van der Waals surface area contributed by atoms with E-state index in [0.29, 0.717) is 5.56 Å². The molecule has 0 unspecified atom stereocenters. The second-order valence-electron chi connectivity index (χ2n) is 3.99. The molecular weight excluding hydrogens is 202 g/mol. The molecule has 0 amide bonds. The Morgan fingerprint density at radius 1 is 1.38 bits per heavy atom. The zero-order valence-corrected chi connectivity index (χ0v) is 9.11. The van der Waals surface area contributed by atoms with E-state index >= 15 is 0 Å². The van der Waals surface area contributed by atoms with E-state index in [4.69, 9.17) is 5.26 Å². The van der Waals surface area contributed by atoms with Gasteiger partial charge in [0.2, 0.25) is 0 Å². The number of nitrogens with zero attached hydrogens (tertiary/aromatic N) is 2. The van der Waals surface area contributed by atoms with Gasteiger partial charge >= 0.3 is 0 Å². The van der Waals surface area contributed by atoms with Gasteiger partial charge in [0.25, 0.3) is 0 Å². The minimum atomic E-state index is 0.0616. The molecule has 1 saturated heterocycles. The molecule has 16 heavy (non-hydrogen) atoms. The number of aromatic hydroxyl groups is 1. The van der Waals surface area contributed by atoms with E-state index in [9.17, 15) is 5.11 Å². The first kappa shape index (κ1) is 10.9. The molecule has 1 aromatic rings. The smallest absolute Gasteiger partial charge is 0.133 e. The molecule has 84 valence electrons. The van der Waals surface area contributed by atoms with Crippen molar-refractivity contribution in [2.45, 2.75) is 6.54 Å². The molecule has 1 fully saturated rings. The Labute approximate surface area is 95.1 Å². The van der Waals surface area contributed by atoms with Gasteiger partial charge < -0.3 is 10.4 Å². The van der Waals surface area contributed by atoms with Gasteiger partial charge in [-0.3, -0.25) is 4.90 Å². The van der Waals surface area contributed by atoms with Crippen LogP contribution in [-0.2, 0) is 6.54 Å². The standard InChI is InChI=1S/C12H15N3O/c13-8-11-7-10(1-2-12(11)16)9-15-5-3-14-4-6-15/h1-2,7,14,16H,3-6,9H2. The quantitative estimate of drug-likeness (QED) is 0.764. The number of phenols is 1. The second-order valence-corrected chi connectivity index (χ2v) is 3.99. The number of phenolic OH excluding ortho intramolecular Hbond substituents is 1. The fourth-order valence-corrected chi connectivity index (χ4v) is 1.90. The maximum absolute atomic E-state index is 9.39. The van der Waals surface area contributed by atoms with E-state index < -0.39 is 0 Å². The van der Waals surface area contributed by atoms with Gasteiger partial charge in [0, 0.05) is 32.7 Å². The van der Waals surface area contributed by atoms with Crippen LogP contribution in [0.15, 0.2) is 18.2 Å². The Hall–Kier alpha value is -1.57. The third kappa shape index (κ3) is 2.51. The molecular formula is C12H15N3O. The Morgan fingerprint density at radius 3 is 2.81 bits per heavy atom. The summed E-state index contributed by atoms with van der Waals surface area (Å²) in [4.78, 5) is 2.34. The summed E-state index contributed by atoms with van der Waals surface area (Å²) in [5.74, 6) is 0.0616. The Balaban J connectivity index is 2.06. The number of benzene rings is 1. The largest absolute Gasteiger partial charge is 0.507 e. The molecule has 1 heterocycles. The molecule has 0 aliphatic carbocycles. The van der Waals surface area contributed by atoms with E-state index in [2.05, 4.69) is 10.2 Å². The van der Waals surface area contributed by atoms with Crippen molar-refractivity contribution in [2.24, 2.45) is 0 Å². The maximum Gasteiger partial charge on any atom is 0.133 e. The third-order valence-electron chi connectivity index (χ3n) is 2.80. The number of nitrogens with one attached hydrogen (secondary N) is 1. The maximum atomic E-state index is 9.39. The zero-order chi connectivity index (χ0) is 11.4. The van der Waals surface area contributed by atoms with Crippen molar-refractivity contribution >= 4 is 0 Å². The molecule has 1 aromatic carbocycles. The van der Waals surface area contributed by atoms with Gasteiger partial charge in [-0.05, 0) is 17.7 Å². The monoisotopic (exact) mass is 217 g/mol. The van der Waals surface area contributed by atoms with Crippen molar-refractivity contribution in [2.75, 3.05) is 26.2 Å². The Morgan fingerprint density at radius 2 is 2.12 bits per heavy atom. The van der Waals surface area contributed by atoms with Gasteiger partial charge in [0.15, 0.2) is 0 Å². The first-order valence-corrected chi connectivity index (χ1v) is 5.44. The predicted octanol–water partition coefficient (Wildman–Crippen LogP) is 0.669. The average molecular weight is 217 g/mol. The summed E-state index contributed by atoms with van der Waals surface area (Å²) in [6.07, 6.45) is 0. The summed E-state index contributed by atoms with van der Waals surface area (Å²) < 4.78 is 0. The minimum absolute atomic E-state index is 0.0616. The molecule has 1 aliphatic heterocycles. The Bertz CT molecular complexity index is 405. The zero-order valence-electron chi connectivity index (χ0n) is 9.11. The van der Waals surface area contributed by atoms with Crippen LogP contribution in [0.4, 0.5) is 0 Å². The van der Waals surface area contributed by atoms with E-state index in [1.54, 1.807) is 12.1 Å². The Kier molecular flexibility index (Phi) is 3.40. The first-order valence-electron chi connectivity index (χ1n) is 5.44. The van der Waals surface area contributed by atoms with Crippen LogP contribution in [0.2, 0.25) is 0 Å². The number of piperazine rings is 1. The van der Waals surface area contributed by atoms with Crippen molar-refractivity contribution in [3.63, 3.8) is 0 Å². The molecule has 0 radical (unpaired) electrons. The molecule has 0 aromatic heterocycles. The van der Waals surface area contributed by atoms with Gasteiger partial charge in [0.05, 0.1) is 5.56 Å². The van der Waals surface area contributed by atoms with Crippen LogP contribution < -0.4 is 5.32 Å². The van der Waals surface area contributed by atoms with E-state index in [1.807, 2.05) is 12.1 Å². The first-order chi connectivity index (χ1) is 7.79. The highest BCUT2D eigenvalue weighted by atomic mass is 16.3. The van der Waals surface area contributed by atoms with Crippen molar-refractivity contribution < 1.29 is 5.11 Å². The van der Waals surface area contributed by atoms with E-state index in [1.165, 1.54) is 0 Å². The summed E-state index contributed by atoms with van der Waals surface area (Å²) in [6, 6.07) is 7.22. The summed E-state index contributed by atoms with van der Waals surface area (Å²) in [7, 11) is 0. The molecule has 0 bridgehead atoms. The van der Waals surface area contributed by atoms with Crippen LogP contribution in [-0.4, -0.2) is 36.2 Å². The van der Waals surface area contributed by atoms with Gasteiger partial charge in [-0.25, -0.2) is 0 Å². The van der Waals surface area contributed by atoms with Crippen LogP contribution in [0.5, 0.6) is 5.75 Å². The average Bonchev–Trinajstić information content (AvgIpc) is 2.33. The topological polar surface area (TPSA) is 59.3 Å².